The average Bonchev–Trinajstić information content (AvgIpc) is 3.63. The smallest absolute Gasteiger partial charge is 0.233 e. The van der Waals surface area contributed by atoms with E-state index in [0.29, 0.717) is 29.8 Å². The van der Waals surface area contributed by atoms with Gasteiger partial charge in [0.05, 0.1) is 18.6 Å². The minimum atomic E-state index is 0.0859. The molecule has 1 amide bonds. The molecule has 11 heteroatoms. The SMILES string of the molecule is COc1ccccc1-n1c(SCC(=O)N2CCN(Cc3ccc4c(c3)OCO4)CC2)nnc1-c1ccncc1. The van der Waals surface area contributed by atoms with Crippen LogP contribution in [-0.4, -0.2) is 81.3 Å². The van der Waals surface area contributed by atoms with Gasteiger partial charge in [0, 0.05) is 50.7 Å². The lowest BCUT2D eigenvalue weighted by atomic mass is 10.1. The Kier molecular flexibility index (Phi) is 7.33. The van der Waals surface area contributed by atoms with Gasteiger partial charge < -0.3 is 19.1 Å². The summed E-state index contributed by atoms with van der Waals surface area (Å²) < 4.78 is 18.5. The Hall–Kier alpha value is -4.09. The van der Waals surface area contributed by atoms with Gasteiger partial charge in [-0.3, -0.25) is 19.2 Å². The number of benzene rings is 2. The standard InChI is InChI=1S/C28H28N6O4S/c1-36-23-5-3-2-4-22(23)34-27(21-8-10-29-11-9-21)30-31-28(34)39-18-26(35)33-14-12-32(13-15-33)17-20-6-7-24-25(16-20)38-19-37-24/h2-11,16H,12-15,17-19H2,1H3. The molecule has 0 radical (unpaired) electrons. The van der Waals surface area contributed by atoms with E-state index in [1.807, 2.05) is 58.0 Å². The number of para-hydroxylation sites is 2. The Morgan fingerprint density at radius 2 is 1.77 bits per heavy atom. The quantitative estimate of drug-likeness (QED) is 0.309. The lowest BCUT2D eigenvalue weighted by molar-refractivity contribution is -0.130. The van der Waals surface area contributed by atoms with E-state index in [4.69, 9.17) is 14.2 Å². The van der Waals surface area contributed by atoms with Crippen LogP contribution >= 0.6 is 11.8 Å². The van der Waals surface area contributed by atoms with Gasteiger partial charge in [-0.15, -0.1) is 10.2 Å². The molecule has 0 unspecified atom stereocenters. The molecule has 0 spiro atoms. The molecule has 4 aromatic rings. The van der Waals surface area contributed by atoms with E-state index in [9.17, 15) is 4.79 Å². The summed E-state index contributed by atoms with van der Waals surface area (Å²) in [5.74, 6) is 3.30. The molecule has 2 aliphatic heterocycles. The third-order valence-electron chi connectivity index (χ3n) is 6.79. The van der Waals surface area contributed by atoms with Crippen molar-refractivity contribution in [3.05, 3.63) is 72.6 Å². The second-order valence-corrected chi connectivity index (χ2v) is 10.1. The summed E-state index contributed by atoms with van der Waals surface area (Å²) >= 11 is 1.38. The summed E-state index contributed by atoms with van der Waals surface area (Å²) in [5.41, 5.74) is 2.86. The Balaban J connectivity index is 1.11. The third kappa shape index (κ3) is 5.41. The summed E-state index contributed by atoms with van der Waals surface area (Å²) in [6, 6.07) is 17.6. The van der Waals surface area contributed by atoms with E-state index in [1.54, 1.807) is 19.5 Å². The minimum absolute atomic E-state index is 0.0859. The molecule has 6 rings (SSSR count). The van der Waals surface area contributed by atoms with Gasteiger partial charge in [-0.05, 0) is 42.0 Å². The van der Waals surface area contributed by atoms with Crippen LogP contribution < -0.4 is 14.2 Å². The number of carbonyl (C=O) groups is 1. The number of rotatable bonds is 8. The number of carbonyl (C=O) groups excluding carboxylic acids is 1. The number of fused-ring (bicyclic) bond motifs is 1. The Morgan fingerprint density at radius 1 is 0.974 bits per heavy atom. The maximum absolute atomic E-state index is 13.2. The molecule has 0 aliphatic carbocycles. The largest absolute Gasteiger partial charge is 0.495 e. The van der Waals surface area contributed by atoms with Crippen LogP contribution in [0.3, 0.4) is 0 Å². The van der Waals surface area contributed by atoms with Crippen LogP contribution in [0.15, 0.2) is 72.1 Å². The zero-order valence-electron chi connectivity index (χ0n) is 21.5. The normalized spacial score (nSPS) is 14.9. The van der Waals surface area contributed by atoms with E-state index < -0.39 is 0 Å². The van der Waals surface area contributed by atoms with Crippen molar-refractivity contribution in [2.24, 2.45) is 0 Å². The zero-order chi connectivity index (χ0) is 26.6. The Morgan fingerprint density at radius 3 is 2.59 bits per heavy atom. The molecule has 1 fully saturated rings. The van der Waals surface area contributed by atoms with E-state index in [2.05, 4.69) is 26.1 Å². The molecule has 1 saturated heterocycles. The number of hydrogen-bond donors (Lipinski definition) is 0. The predicted molar refractivity (Wildman–Crippen MR) is 146 cm³/mol. The molecular weight excluding hydrogens is 516 g/mol. The molecule has 2 aromatic carbocycles. The Labute approximate surface area is 230 Å². The second-order valence-electron chi connectivity index (χ2n) is 9.18. The maximum atomic E-state index is 13.2. The number of ether oxygens (including phenoxy) is 3. The first-order chi connectivity index (χ1) is 19.2. The monoisotopic (exact) mass is 544 g/mol. The number of nitrogens with zero attached hydrogens (tertiary/aromatic N) is 6. The fourth-order valence-corrected chi connectivity index (χ4v) is 5.60. The summed E-state index contributed by atoms with van der Waals surface area (Å²) in [6.45, 7) is 4.09. The lowest BCUT2D eigenvalue weighted by Gasteiger charge is -2.34. The van der Waals surface area contributed by atoms with Crippen LogP contribution in [0.5, 0.6) is 17.2 Å². The van der Waals surface area contributed by atoms with Gasteiger partial charge in [0.25, 0.3) is 0 Å². The highest BCUT2D eigenvalue weighted by Crippen LogP contribution is 2.34. The minimum Gasteiger partial charge on any atom is -0.495 e. The van der Waals surface area contributed by atoms with Crippen molar-refractivity contribution in [2.45, 2.75) is 11.7 Å². The lowest BCUT2D eigenvalue weighted by Crippen LogP contribution is -2.48. The van der Waals surface area contributed by atoms with Crippen LogP contribution in [0.1, 0.15) is 5.56 Å². The highest BCUT2D eigenvalue weighted by atomic mass is 32.2. The van der Waals surface area contributed by atoms with Crippen molar-refractivity contribution in [2.75, 3.05) is 45.8 Å². The second kappa shape index (κ2) is 11.3. The van der Waals surface area contributed by atoms with Crippen molar-refractivity contribution in [3.8, 4) is 34.3 Å². The maximum Gasteiger partial charge on any atom is 0.233 e. The first-order valence-electron chi connectivity index (χ1n) is 12.7. The number of pyridine rings is 1. The van der Waals surface area contributed by atoms with E-state index in [-0.39, 0.29) is 18.5 Å². The third-order valence-corrected chi connectivity index (χ3v) is 7.70. The molecular formula is C28H28N6O4S. The molecule has 4 heterocycles. The first-order valence-corrected chi connectivity index (χ1v) is 13.7. The molecule has 2 aliphatic rings. The molecule has 200 valence electrons. The van der Waals surface area contributed by atoms with Crippen molar-refractivity contribution >= 4 is 17.7 Å². The highest BCUT2D eigenvalue weighted by Gasteiger charge is 2.24. The van der Waals surface area contributed by atoms with Gasteiger partial charge in [-0.2, -0.15) is 0 Å². The summed E-state index contributed by atoms with van der Waals surface area (Å²) in [5, 5.41) is 9.53. The predicted octanol–water partition coefficient (Wildman–Crippen LogP) is 3.50. The van der Waals surface area contributed by atoms with E-state index >= 15 is 0 Å². The number of aromatic nitrogens is 4. The zero-order valence-corrected chi connectivity index (χ0v) is 22.3. The number of amides is 1. The van der Waals surface area contributed by atoms with Crippen molar-refractivity contribution < 1.29 is 19.0 Å². The van der Waals surface area contributed by atoms with Crippen molar-refractivity contribution in [3.63, 3.8) is 0 Å². The number of thioether (sulfide) groups is 1. The molecule has 10 nitrogen and oxygen atoms in total. The topological polar surface area (TPSA) is 94.8 Å². The first kappa shape index (κ1) is 25.2. The van der Waals surface area contributed by atoms with Gasteiger partial charge in [-0.1, -0.05) is 30.0 Å². The van der Waals surface area contributed by atoms with Gasteiger partial charge in [0.2, 0.25) is 12.7 Å². The van der Waals surface area contributed by atoms with Crippen molar-refractivity contribution in [1.82, 2.24) is 29.5 Å². The van der Waals surface area contributed by atoms with Crippen molar-refractivity contribution in [1.29, 1.82) is 0 Å². The summed E-state index contributed by atoms with van der Waals surface area (Å²) in [7, 11) is 1.64. The average molecular weight is 545 g/mol. The molecule has 0 bridgehead atoms. The van der Waals surface area contributed by atoms with Gasteiger partial charge in [0.15, 0.2) is 22.5 Å². The van der Waals surface area contributed by atoms with Gasteiger partial charge >= 0.3 is 0 Å². The van der Waals surface area contributed by atoms with E-state index in [0.717, 1.165) is 42.4 Å². The Bertz CT molecular complexity index is 1460. The molecule has 2 aromatic heterocycles. The number of piperazine rings is 1. The summed E-state index contributed by atoms with van der Waals surface area (Å²) in [4.78, 5) is 21.6. The van der Waals surface area contributed by atoms with Crippen LogP contribution in [0, 0.1) is 0 Å². The number of hydrogen-bond acceptors (Lipinski definition) is 9. The van der Waals surface area contributed by atoms with Gasteiger partial charge in [0.1, 0.15) is 5.75 Å². The van der Waals surface area contributed by atoms with E-state index in [1.165, 1.54) is 17.3 Å². The fraction of sp³-hybridized carbons (Fsp3) is 0.286. The number of methoxy groups -OCH3 is 1. The molecule has 0 N–H and O–H groups in total. The van der Waals surface area contributed by atoms with Crippen LogP contribution in [0.4, 0.5) is 0 Å². The van der Waals surface area contributed by atoms with Crippen LogP contribution in [0.2, 0.25) is 0 Å². The highest BCUT2D eigenvalue weighted by molar-refractivity contribution is 7.99. The van der Waals surface area contributed by atoms with Crippen LogP contribution in [-0.2, 0) is 11.3 Å². The van der Waals surface area contributed by atoms with Gasteiger partial charge in [-0.25, -0.2) is 0 Å². The molecule has 0 atom stereocenters. The fourth-order valence-electron chi connectivity index (χ4n) is 4.75. The molecule has 0 saturated carbocycles. The summed E-state index contributed by atoms with van der Waals surface area (Å²) in [6.07, 6.45) is 3.44. The van der Waals surface area contributed by atoms with Crippen LogP contribution in [0.25, 0.3) is 17.1 Å². The molecule has 39 heavy (non-hydrogen) atoms.